The summed E-state index contributed by atoms with van der Waals surface area (Å²) < 4.78 is 25.6. The van der Waals surface area contributed by atoms with E-state index in [-0.39, 0.29) is 49.2 Å². The Morgan fingerprint density at radius 2 is 1.46 bits per heavy atom. The van der Waals surface area contributed by atoms with E-state index in [0.29, 0.717) is 11.3 Å². The number of benzene rings is 3. The zero-order chi connectivity index (χ0) is 26.0. The molecule has 0 fully saturated rings. The molecule has 1 aromatic heterocycles. The molecule has 1 atom stereocenters. The molecular weight excluding hydrogens is 469 g/mol. The van der Waals surface area contributed by atoms with Crippen molar-refractivity contribution in [3.05, 3.63) is 125 Å². The molecule has 37 heavy (non-hydrogen) atoms. The van der Waals surface area contributed by atoms with E-state index in [1.165, 1.54) is 12.1 Å². The Labute approximate surface area is 216 Å². The normalized spacial score (nSPS) is 11.5. The van der Waals surface area contributed by atoms with Gasteiger partial charge in [0.2, 0.25) is 0 Å². The van der Waals surface area contributed by atoms with Crippen LogP contribution < -0.4 is 20.1 Å². The number of hydrogen-bond acceptors (Lipinski definition) is 5. The second-order valence-corrected chi connectivity index (χ2v) is 8.60. The van der Waals surface area contributed by atoms with Crippen molar-refractivity contribution in [2.75, 3.05) is 7.05 Å². The van der Waals surface area contributed by atoms with E-state index < -0.39 is 0 Å². The van der Waals surface area contributed by atoms with Crippen molar-refractivity contribution in [3.63, 3.8) is 0 Å². The number of nitrogens with one attached hydrogen (secondary N) is 2. The molecule has 4 rings (SSSR count). The van der Waals surface area contributed by atoms with E-state index in [9.17, 15) is 9.18 Å². The highest BCUT2D eigenvalue weighted by Gasteiger charge is 2.23. The van der Waals surface area contributed by atoms with Crippen LogP contribution in [0.2, 0.25) is 0 Å². The summed E-state index contributed by atoms with van der Waals surface area (Å²) in [6, 6.07) is 27.0. The van der Waals surface area contributed by atoms with E-state index in [1.807, 2.05) is 74.6 Å². The molecule has 0 bridgehead atoms. The highest BCUT2D eigenvalue weighted by atomic mass is 19.1. The van der Waals surface area contributed by atoms with Gasteiger partial charge in [-0.3, -0.25) is 4.79 Å². The van der Waals surface area contributed by atoms with Crippen LogP contribution in [0.5, 0.6) is 11.6 Å². The van der Waals surface area contributed by atoms with Crippen molar-refractivity contribution in [2.45, 2.75) is 32.7 Å². The average molecular weight is 500 g/mol. The number of aromatic nitrogens is 1. The monoisotopic (exact) mass is 499 g/mol. The summed E-state index contributed by atoms with van der Waals surface area (Å²) in [5.41, 5.74) is 3.65. The predicted octanol–water partition coefficient (Wildman–Crippen LogP) is 5.59. The fourth-order valence-corrected chi connectivity index (χ4v) is 3.64. The van der Waals surface area contributed by atoms with Crippen LogP contribution in [0.15, 0.2) is 91.0 Å². The molecule has 0 saturated heterocycles. The molecule has 1 amide bonds. The van der Waals surface area contributed by atoms with Gasteiger partial charge in [0.05, 0.1) is 11.3 Å². The van der Waals surface area contributed by atoms with Crippen molar-refractivity contribution < 1.29 is 18.7 Å². The first-order valence-electron chi connectivity index (χ1n) is 12.1. The molecule has 0 spiro atoms. The molecule has 0 saturated carbocycles. The molecule has 2 N–H and O–H groups in total. The Morgan fingerprint density at radius 3 is 2.05 bits per heavy atom. The van der Waals surface area contributed by atoms with Crippen LogP contribution in [-0.4, -0.2) is 17.9 Å². The van der Waals surface area contributed by atoms with Crippen LogP contribution in [0.1, 0.15) is 45.7 Å². The maximum absolute atomic E-state index is 13.4. The minimum atomic E-state index is -0.344. The van der Waals surface area contributed by atoms with Gasteiger partial charge >= 0.3 is 0 Å². The summed E-state index contributed by atoms with van der Waals surface area (Å²) in [7, 11) is 1.82. The van der Waals surface area contributed by atoms with Crippen molar-refractivity contribution in [2.24, 2.45) is 0 Å². The number of hydrogen-bond donors (Lipinski definition) is 2. The van der Waals surface area contributed by atoms with Crippen molar-refractivity contribution in [1.82, 2.24) is 15.6 Å². The molecule has 3 aromatic carbocycles. The average Bonchev–Trinajstić information content (AvgIpc) is 2.95. The second-order valence-electron chi connectivity index (χ2n) is 8.60. The number of nitrogens with zero attached hydrogens (tertiary/aromatic N) is 1. The summed E-state index contributed by atoms with van der Waals surface area (Å²) in [6.45, 7) is 2.69. The number of carbonyl (C=O) groups excluding carboxylic acids is 1. The van der Waals surface area contributed by atoms with Crippen LogP contribution in [-0.2, 0) is 19.8 Å². The number of halogens is 1. The van der Waals surface area contributed by atoms with E-state index in [0.717, 1.165) is 16.7 Å². The summed E-state index contributed by atoms with van der Waals surface area (Å²) in [5.74, 6) is -0.162. The van der Waals surface area contributed by atoms with Crippen LogP contribution >= 0.6 is 0 Å². The molecule has 4 aromatic rings. The van der Waals surface area contributed by atoms with Crippen molar-refractivity contribution in [3.8, 4) is 11.6 Å². The highest BCUT2D eigenvalue weighted by Crippen LogP contribution is 2.33. The van der Waals surface area contributed by atoms with E-state index in [4.69, 9.17) is 14.5 Å². The Morgan fingerprint density at radius 1 is 0.865 bits per heavy atom. The van der Waals surface area contributed by atoms with Crippen molar-refractivity contribution >= 4 is 5.91 Å². The molecular formula is C30H30FN3O3. The summed E-state index contributed by atoms with van der Waals surface area (Å²) in [5, 5.41) is 6.08. The summed E-state index contributed by atoms with van der Waals surface area (Å²) in [6.07, 6.45) is 0. The molecule has 6 nitrogen and oxygen atoms in total. The lowest BCUT2D eigenvalue weighted by Gasteiger charge is -2.19. The summed E-state index contributed by atoms with van der Waals surface area (Å²) in [4.78, 5) is 18.1. The van der Waals surface area contributed by atoms with Crippen LogP contribution in [0.4, 0.5) is 4.39 Å². The zero-order valence-corrected chi connectivity index (χ0v) is 20.9. The fourth-order valence-electron chi connectivity index (χ4n) is 3.64. The maximum atomic E-state index is 13.4. The van der Waals surface area contributed by atoms with Gasteiger partial charge in [0.15, 0.2) is 5.75 Å². The Hall–Kier alpha value is -4.23. The van der Waals surface area contributed by atoms with Crippen LogP contribution in [0.25, 0.3) is 0 Å². The standard InChI is InChI=1S/C30H30FN3O3/c1-21(32-2)27-17-26(29(35)33-18-22-13-15-25(31)16-14-22)28(36-19-23-9-5-3-6-10-23)30(34-27)37-20-24-11-7-4-8-12-24/h3-17,21,32H,18-20H2,1-2H3,(H,33,35). The number of rotatable bonds is 11. The first kappa shape index (κ1) is 25.9. The highest BCUT2D eigenvalue weighted by molar-refractivity contribution is 5.97. The van der Waals surface area contributed by atoms with Gasteiger partial charge < -0.3 is 20.1 Å². The van der Waals surface area contributed by atoms with Crippen LogP contribution in [0, 0.1) is 5.82 Å². The molecule has 0 radical (unpaired) electrons. The first-order chi connectivity index (χ1) is 18.0. The Bertz CT molecular complexity index is 1300. The van der Waals surface area contributed by atoms with E-state index >= 15 is 0 Å². The lowest BCUT2D eigenvalue weighted by atomic mass is 10.1. The third kappa shape index (κ3) is 7.15. The van der Waals surface area contributed by atoms with Gasteiger partial charge in [0, 0.05) is 12.6 Å². The maximum Gasteiger partial charge on any atom is 0.258 e. The molecule has 1 heterocycles. The Kier molecular flexibility index (Phi) is 8.84. The molecule has 1 unspecified atom stereocenters. The lowest BCUT2D eigenvalue weighted by molar-refractivity contribution is 0.0944. The lowest BCUT2D eigenvalue weighted by Crippen LogP contribution is -2.25. The largest absolute Gasteiger partial charge is 0.483 e. The second kappa shape index (κ2) is 12.6. The van der Waals surface area contributed by atoms with Gasteiger partial charge in [-0.1, -0.05) is 72.8 Å². The summed E-state index contributed by atoms with van der Waals surface area (Å²) >= 11 is 0. The molecule has 0 aliphatic carbocycles. The molecule has 0 aliphatic rings. The van der Waals surface area contributed by atoms with Crippen molar-refractivity contribution in [1.29, 1.82) is 0 Å². The third-order valence-electron chi connectivity index (χ3n) is 5.89. The topological polar surface area (TPSA) is 72.5 Å². The number of ether oxygens (including phenoxy) is 2. The van der Waals surface area contributed by atoms with E-state index in [2.05, 4.69) is 10.6 Å². The SMILES string of the molecule is CNC(C)c1cc(C(=O)NCc2ccc(F)cc2)c(OCc2ccccc2)c(OCc2ccccc2)n1. The fraction of sp³-hybridized carbons (Fsp3) is 0.200. The van der Waals surface area contributed by atoms with Gasteiger partial charge in [0.25, 0.3) is 11.8 Å². The van der Waals surface area contributed by atoms with Gasteiger partial charge in [-0.15, -0.1) is 0 Å². The minimum Gasteiger partial charge on any atom is -0.483 e. The third-order valence-corrected chi connectivity index (χ3v) is 5.89. The molecule has 7 heteroatoms. The van der Waals surface area contributed by atoms with Gasteiger partial charge in [-0.2, -0.15) is 0 Å². The molecule has 190 valence electrons. The zero-order valence-electron chi connectivity index (χ0n) is 20.9. The van der Waals surface area contributed by atoms with Gasteiger partial charge in [-0.05, 0) is 48.9 Å². The number of carbonyl (C=O) groups is 1. The first-order valence-corrected chi connectivity index (χ1v) is 12.1. The number of pyridine rings is 1. The van der Waals surface area contributed by atoms with Crippen LogP contribution in [0.3, 0.4) is 0 Å². The van der Waals surface area contributed by atoms with Gasteiger partial charge in [0.1, 0.15) is 19.0 Å². The van der Waals surface area contributed by atoms with E-state index in [1.54, 1.807) is 18.2 Å². The van der Waals surface area contributed by atoms with Gasteiger partial charge in [-0.25, -0.2) is 9.37 Å². The number of amides is 1. The molecule has 0 aliphatic heterocycles. The predicted molar refractivity (Wildman–Crippen MR) is 141 cm³/mol. The quantitative estimate of drug-likeness (QED) is 0.282. The minimum absolute atomic E-state index is 0.133. The smallest absolute Gasteiger partial charge is 0.258 e. The Balaban J connectivity index is 1.67.